The van der Waals surface area contributed by atoms with Crippen molar-refractivity contribution in [2.45, 2.75) is 19.6 Å². The second-order valence-electron chi connectivity index (χ2n) is 6.68. The molecule has 1 N–H and O–H groups in total. The Labute approximate surface area is 166 Å². The zero-order valence-corrected chi connectivity index (χ0v) is 15.6. The van der Waals surface area contributed by atoms with Crippen LogP contribution >= 0.6 is 0 Å². The molecule has 0 saturated heterocycles. The van der Waals surface area contributed by atoms with E-state index < -0.39 is 6.10 Å². The van der Waals surface area contributed by atoms with Gasteiger partial charge in [0.25, 0.3) is 11.8 Å². The standard InChI is InChI=1S/C22H18FN3O3/c1-14-22(28)26(13-15-2-4-17(23)5-3-15)19-12-18(6-7-20(19)29-14)25-21(27)16-8-10-24-11-9-16/h2-12,14H,13H2,1H3,(H,25,27). The first kappa shape index (κ1) is 18.6. The third-order valence-corrected chi connectivity index (χ3v) is 4.62. The lowest BCUT2D eigenvalue weighted by atomic mass is 10.1. The predicted molar refractivity (Wildman–Crippen MR) is 106 cm³/mol. The summed E-state index contributed by atoms with van der Waals surface area (Å²) in [5, 5.41) is 2.82. The van der Waals surface area contributed by atoms with E-state index in [2.05, 4.69) is 10.3 Å². The van der Waals surface area contributed by atoms with E-state index in [4.69, 9.17) is 4.74 Å². The summed E-state index contributed by atoms with van der Waals surface area (Å²) in [6.45, 7) is 1.95. The Morgan fingerprint density at radius 3 is 2.59 bits per heavy atom. The molecule has 2 aromatic carbocycles. The van der Waals surface area contributed by atoms with Crippen molar-refractivity contribution in [2.75, 3.05) is 10.2 Å². The van der Waals surface area contributed by atoms with E-state index in [1.165, 1.54) is 12.1 Å². The van der Waals surface area contributed by atoms with E-state index >= 15 is 0 Å². The van der Waals surface area contributed by atoms with Gasteiger partial charge in [0.15, 0.2) is 6.10 Å². The summed E-state index contributed by atoms with van der Waals surface area (Å²) in [6.07, 6.45) is 2.44. The normalized spacial score (nSPS) is 15.4. The van der Waals surface area contributed by atoms with Gasteiger partial charge in [-0.25, -0.2) is 4.39 Å². The molecule has 1 aromatic heterocycles. The number of carbonyl (C=O) groups excluding carboxylic acids is 2. The Hall–Kier alpha value is -3.74. The van der Waals surface area contributed by atoms with Crippen molar-refractivity contribution in [1.29, 1.82) is 0 Å². The van der Waals surface area contributed by atoms with Crippen LogP contribution in [0.5, 0.6) is 5.75 Å². The van der Waals surface area contributed by atoms with Crippen molar-refractivity contribution >= 4 is 23.2 Å². The topological polar surface area (TPSA) is 71.5 Å². The molecule has 0 fully saturated rings. The van der Waals surface area contributed by atoms with Gasteiger partial charge in [-0.3, -0.25) is 14.6 Å². The molecule has 0 spiro atoms. The summed E-state index contributed by atoms with van der Waals surface area (Å²) in [5.41, 5.74) is 2.33. The van der Waals surface area contributed by atoms with E-state index in [0.717, 1.165) is 5.56 Å². The molecular formula is C22H18FN3O3. The second-order valence-corrected chi connectivity index (χ2v) is 6.68. The number of nitrogens with zero attached hydrogens (tertiary/aromatic N) is 2. The number of halogens is 1. The number of hydrogen-bond acceptors (Lipinski definition) is 4. The van der Waals surface area contributed by atoms with Gasteiger partial charge in [-0.2, -0.15) is 0 Å². The summed E-state index contributed by atoms with van der Waals surface area (Å²) in [5.74, 6) is -0.286. The van der Waals surface area contributed by atoms with Crippen molar-refractivity contribution in [3.05, 3.63) is 83.9 Å². The summed E-state index contributed by atoms with van der Waals surface area (Å²) in [6, 6.07) is 14.4. The highest BCUT2D eigenvalue weighted by molar-refractivity contribution is 6.05. The average Bonchev–Trinajstić information content (AvgIpc) is 2.74. The SMILES string of the molecule is CC1Oc2ccc(NC(=O)c3ccncc3)cc2N(Cc2ccc(F)cc2)C1=O. The summed E-state index contributed by atoms with van der Waals surface area (Å²) < 4.78 is 18.9. The summed E-state index contributed by atoms with van der Waals surface area (Å²) >= 11 is 0. The average molecular weight is 391 g/mol. The first-order valence-electron chi connectivity index (χ1n) is 9.09. The zero-order valence-electron chi connectivity index (χ0n) is 15.6. The smallest absolute Gasteiger partial charge is 0.268 e. The van der Waals surface area contributed by atoms with Crippen LogP contribution in [0, 0.1) is 5.82 Å². The Balaban J connectivity index is 1.63. The molecule has 2 amide bonds. The van der Waals surface area contributed by atoms with E-state index in [1.807, 2.05) is 0 Å². The number of hydrogen-bond donors (Lipinski definition) is 1. The molecule has 6 nitrogen and oxygen atoms in total. The number of benzene rings is 2. The molecule has 146 valence electrons. The van der Waals surface area contributed by atoms with Gasteiger partial charge >= 0.3 is 0 Å². The van der Waals surface area contributed by atoms with Crippen LogP contribution in [-0.4, -0.2) is 22.9 Å². The van der Waals surface area contributed by atoms with Crippen LogP contribution in [0.1, 0.15) is 22.8 Å². The maximum Gasteiger partial charge on any atom is 0.268 e. The molecule has 1 atom stereocenters. The molecule has 1 unspecified atom stereocenters. The first-order chi connectivity index (χ1) is 14.0. The van der Waals surface area contributed by atoms with Gasteiger partial charge in [-0.1, -0.05) is 12.1 Å². The van der Waals surface area contributed by atoms with Gasteiger partial charge in [0.2, 0.25) is 0 Å². The second kappa shape index (κ2) is 7.71. The minimum Gasteiger partial charge on any atom is -0.479 e. The van der Waals surface area contributed by atoms with Crippen LogP contribution in [-0.2, 0) is 11.3 Å². The van der Waals surface area contributed by atoms with E-state index in [1.54, 1.807) is 66.7 Å². The van der Waals surface area contributed by atoms with Crippen LogP contribution < -0.4 is 15.0 Å². The van der Waals surface area contributed by atoms with E-state index in [9.17, 15) is 14.0 Å². The molecule has 1 aliphatic rings. The third kappa shape index (κ3) is 3.94. The molecule has 2 heterocycles. The number of anilines is 2. The number of pyridine rings is 1. The highest BCUT2D eigenvalue weighted by atomic mass is 19.1. The van der Waals surface area contributed by atoms with Gasteiger partial charge in [-0.15, -0.1) is 0 Å². The lowest BCUT2D eigenvalue weighted by molar-refractivity contribution is -0.125. The third-order valence-electron chi connectivity index (χ3n) is 4.62. The quantitative estimate of drug-likeness (QED) is 0.735. The molecule has 0 bridgehead atoms. The van der Waals surface area contributed by atoms with Gasteiger partial charge in [-0.05, 0) is 55.0 Å². The highest BCUT2D eigenvalue weighted by Crippen LogP contribution is 2.37. The fourth-order valence-electron chi connectivity index (χ4n) is 3.13. The molecule has 0 radical (unpaired) electrons. The number of nitrogens with one attached hydrogen (secondary N) is 1. The fraction of sp³-hybridized carbons (Fsp3) is 0.136. The Morgan fingerprint density at radius 2 is 1.86 bits per heavy atom. The molecule has 3 aromatic rings. The Kier molecular flexibility index (Phi) is 4.95. The van der Waals surface area contributed by atoms with Crippen LogP contribution in [0.25, 0.3) is 0 Å². The van der Waals surface area contributed by atoms with Crippen LogP contribution in [0.3, 0.4) is 0 Å². The minimum atomic E-state index is -0.639. The van der Waals surface area contributed by atoms with Crippen LogP contribution in [0.2, 0.25) is 0 Å². The van der Waals surface area contributed by atoms with Gasteiger partial charge in [0.05, 0.1) is 12.2 Å². The number of fused-ring (bicyclic) bond motifs is 1. The zero-order chi connectivity index (χ0) is 20.4. The number of rotatable bonds is 4. The van der Waals surface area contributed by atoms with Crippen molar-refractivity contribution in [1.82, 2.24) is 4.98 Å². The first-order valence-corrected chi connectivity index (χ1v) is 9.09. The van der Waals surface area contributed by atoms with Crippen molar-refractivity contribution < 1.29 is 18.7 Å². The lowest BCUT2D eigenvalue weighted by Crippen LogP contribution is -2.44. The van der Waals surface area contributed by atoms with Crippen LogP contribution in [0.15, 0.2) is 67.0 Å². The summed E-state index contributed by atoms with van der Waals surface area (Å²) in [7, 11) is 0. The molecule has 7 heteroatoms. The van der Waals surface area contributed by atoms with Crippen LogP contribution in [0.4, 0.5) is 15.8 Å². The predicted octanol–water partition coefficient (Wildman–Crippen LogP) is 3.79. The minimum absolute atomic E-state index is 0.209. The largest absolute Gasteiger partial charge is 0.479 e. The molecular weight excluding hydrogens is 373 g/mol. The lowest BCUT2D eigenvalue weighted by Gasteiger charge is -2.33. The monoisotopic (exact) mass is 391 g/mol. The van der Waals surface area contributed by atoms with Crippen molar-refractivity contribution in [3.63, 3.8) is 0 Å². The Morgan fingerprint density at radius 1 is 1.14 bits per heavy atom. The molecule has 4 rings (SSSR count). The van der Waals surface area contributed by atoms with Gasteiger partial charge < -0.3 is 15.0 Å². The molecule has 1 aliphatic heterocycles. The van der Waals surface area contributed by atoms with Crippen molar-refractivity contribution in [2.24, 2.45) is 0 Å². The van der Waals surface area contributed by atoms with Gasteiger partial charge in [0, 0.05) is 23.6 Å². The fourth-order valence-corrected chi connectivity index (χ4v) is 3.13. The van der Waals surface area contributed by atoms with E-state index in [0.29, 0.717) is 22.7 Å². The molecule has 0 aliphatic carbocycles. The van der Waals surface area contributed by atoms with Crippen molar-refractivity contribution in [3.8, 4) is 5.75 Å². The molecule has 29 heavy (non-hydrogen) atoms. The Bertz CT molecular complexity index is 1050. The molecule has 0 saturated carbocycles. The number of carbonyl (C=O) groups is 2. The number of aromatic nitrogens is 1. The maximum absolute atomic E-state index is 13.2. The van der Waals surface area contributed by atoms with E-state index in [-0.39, 0.29) is 24.2 Å². The number of ether oxygens (including phenoxy) is 1. The summed E-state index contributed by atoms with van der Waals surface area (Å²) in [4.78, 5) is 30.6. The van der Waals surface area contributed by atoms with Gasteiger partial charge in [0.1, 0.15) is 11.6 Å². The maximum atomic E-state index is 13.2. The number of amides is 2. The highest BCUT2D eigenvalue weighted by Gasteiger charge is 2.31.